The summed E-state index contributed by atoms with van der Waals surface area (Å²) in [7, 11) is 0. The maximum absolute atomic E-state index is 9.52. The number of aromatic hydroxyl groups is 1. The van der Waals surface area contributed by atoms with Gasteiger partial charge in [-0.05, 0) is 25.0 Å². The zero-order chi connectivity index (χ0) is 15.1. The summed E-state index contributed by atoms with van der Waals surface area (Å²) in [4.78, 5) is 3.96. The summed E-state index contributed by atoms with van der Waals surface area (Å²) in [5.74, 6) is 0.121. The van der Waals surface area contributed by atoms with Crippen LogP contribution in [0.5, 0.6) is 11.5 Å². The molecule has 0 atom stereocenters. The number of imidazole rings is 1. The number of halogens is 1. The van der Waals surface area contributed by atoms with Gasteiger partial charge < -0.3 is 14.4 Å². The summed E-state index contributed by atoms with van der Waals surface area (Å²) in [6.45, 7) is 1.30. The number of hydrogen-bond donors (Lipinski definition) is 1. The Balaban J connectivity index is 0.00000242. The van der Waals surface area contributed by atoms with Gasteiger partial charge in [-0.25, -0.2) is 4.98 Å². The number of hydrogen-bond acceptors (Lipinski definition) is 5. The van der Waals surface area contributed by atoms with E-state index < -0.39 is 0 Å². The van der Waals surface area contributed by atoms with E-state index >= 15 is 0 Å². The molecule has 1 heterocycles. The molecular weight excluding hydrogens is 304 g/mol. The molecule has 0 aliphatic heterocycles. The van der Waals surface area contributed by atoms with Crippen molar-refractivity contribution in [2.75, 3.05) is 6.61 Å². The molecule has 6 nitrogen and oxygen atoms in total. The van der Waals surface area contributed by atoms with Gasteiger partial charge in [-0.3, -0.25) is 0 Å². The lowest BCUT2D eigenvalue weighted by Gasteiger charge is -2.09. The van der Waals surface area contributed by atoms with E-state index in [1.165, 1.54) is 12.1 Å². The van der Waals surface area contributed by atoms with Crippen LogP contribution in [0.3, 0.4) is 0 Å². The molecule has 7 heteroatoms. The maximum atomic E-state index is 9.52. The number of phenols is 1. The van der Waals surface area contributed by atoms with Crippen LogP contribution in [-0.4, -0.2) is 21.3 Å². The molecule has 0 saturated heterocycles. The third-order valence-electron chi connectivity index (χ3n) is 3.00. The van der Waals surface area contributed by atoms with Crippen molar-refractivity contribution in [2.45, 2.75) is 19.4 Å². The van der Waals surface area contributed by atoms with Crippen LogP contribution in [-0.2, 0) is 6.54 Å². The average Bonchev–Trinajstić information content (AvgIpc) is 3.01. The summed E-state index contributed by atoms with van der Waals surface area (Å²) in [5, 5.41) is 27.5. The predicted octanol–water partition coefficient (Wildman–Crippen LogP) is 2.61. The van der Waals surface area contributed by atoms with Crippen LogP contribution >= 0.6 is 12.4 Å². The van der Waals surface area contributed by atoms with Crippen LogP contribution in [0.15, 0.2) is 30.9 Å². The quantitative estimate of drug-likeness (QED) is 0.826. The van der Waals surface area contributed by atoms with Crippen molar-refractivity contribution in [1.82, 2.24) is 9.55 Å². The van der Waals surface area contributed by atoms with Crippen molar-refractivity contribution in [2.24, 2.45) is 0 Å². The Bertz CT molecular complexity index is 687. The fourth-order valence-corrected chi connectivity index (χ4v) is 1.91. The summed E-state index contributed by atoms with van der Waals surface area (Å²) in [5.41, 5.74) is 0.0283. The molecule has 0 fully saturated rings. The highest BCUT2D eigenvalue weighted by Crippen LogP contribution is 2.28. The van der Waals surface area contributed by atoms with Gasteiger partial charge in [-0.1, -0.05) is 0 Å². The minimum Gasteiger partial charge on any atom is -0.507 e. The van der Waals surface area contributed by atoms with Crippen LogP contribution < -0.4 is 4.74 Å². The second-order valence-electron chi connectivity index (χ2n) is 4.41. The molecule has 1 N–H and O–H groups in total. The summed E-state index contributed by atoms with van der Waals surface area (Å²) >= 11 is 0. The van der Waals surface area contributed by atoms with Gasteiger partial charge in [-0.2, -0.15) is 10.5 Å². The molecule has 1 aromatic carbocycles. The Morgan fingerprint density at radius 1 is 1.18 bits per heavy atom. The summed E-state index contributed by atoms with van der Waals surface area (Å²) in [6, 6.07) is 6.58. The van der Waals surface area contributed by atoms with E-state index in [1.807, 2.05) is 22.9 Å². The van der Waals surface area contributed by atoms with Crippen molar-refractivity contribution < 1.29 is 9.84 Å². The average molecular weight is 319 g/mol. The second kappa shape index (κ2) is 8.56. The number of ether oxygens (including phenoxy) is 1. The number of rotatable bonds is 6. The molecule has 0 radical (unpaired) electrons. The van der Waals surface area contributed by atoms with Crippen molar-refractivity contribution in [1.29, 1.82) is 10.5 Å². The van der Waals surface area contributed by atoms with E-state index in [2.05, 4.69) is 4.98 Å². The second-order valence-corrected chi connectivity index (χ2v) is 4.41. The fraction of sp³-hybridized carbons (Fsp3) is 0.267. The van der Waals surface area contributed by atoms with Gasteiger partial charge in [-0.15, -0.1) is 12.4 Å². The Labute approximate surface area is 134 Å². The SMILES string of the molecule is Cl.N#Cc1c(O)ccc(OCCCCn2ccnc2)c1C#N. The third-order valence-corrected chi connectivity index (χ3v) is 3.00. The number of unbranched alkanes of at least 4 members (excludes halogenated alkanes) is 1. The molecule has 22 heavy (non-hydrogen) atoms. The van der Waals surface area contributed by atoms with Gasteiger partial charge >= 0.3 is 0 Å². The molecule has 1 aromatic heterocycles. The Hall–Kier alpha value is -2.70. The zero-order valence-electron chi connectivity index (χ0n) is 11.8. The number of benzene rings is 1. The van der Waals surface area contributed by atoms with E-state index in [-0.39, 0.29) is 29.3 Å². The number of phenolic OH excluding ortho intramolecular Hbond substituents is 1. The standard InChI is InChI=1S/C15H14N4O2.ClH/c16-9-12-13(10-17)15(4-3-14(12)20)21-8-2-1-6-19-7-5-18-11-19;/h3-5,7,11,20H,1-2,6,8H2;1H. The van der Waals surface area contributed by atoms with E-state index in [0.717, 1.165) is 19.4 Å². The van der Waals surface area contributed by atoms with Gasteiger partial charge in [0.05, 0.1) is 12.9 Å². The van der Waals surface area contributed by atoms with Crippen LogP contribution in [0, 0.1) is 22.7 Å². The normalized spacial score (nSPS) is 9.36. The van der Waals surface area contributed by atoms with Gasteiger partial charge in [0.15, 0.2) is 0 Å². The minimum absolute atomic E-state index is 0. The molecule has 0 aliphatic carbocycles. The van der Waals surface area contributed by atoms with Crippen LogP contribution in [0.1, 0.15) is 24.0 Å². The van der Waals surface area contributed by atoms with E-state index in [0.29, 0.717) is 12.4 Å². The summed E-state index contributed by atoms with van der Waals surface area (Å²) < 4.78 is 7.52. The first-order valence-electron chi connectivity index (χ1n) is 6.51. The molecule has 114 valence electrons. The summed E-state index contributed by atoms with van der Waals surface area (Å²) in [6.07, 6.45) is 7.12. The highest BCUT2D eigenvalue weighted by Gasteiger charge is 2.13. The molecule has 2 aromatic rings. The first kappa shape index (κ1) is 17.4. The van der Waals surface area contributed by atoms with Gasteiger partial charge in [0.2, 0.25) is 0 Å². The molecule has 0 saturated carbocycles. The molecule has 0 aliphatic rings. The lowest BCUT2D eigenvalue weighted by Crippen LogP contribution is -2.02. The highest BCUT2D eigenvalue weighted by molar-refractivity contribution is 5.85. The number of nitrogens with zero attached hydrogens (tertiary/aromatic N) is 4. The highest BCUT2D eigenvalue weighted by atomic mass is 35.5. The minimum atomic E-state index is -0.207. The molecule has 0 unspecified atom stereocenters. The monoisotopic (exact) mass is 318 g/mol. The number of nitriles is 2. The lowest BCUT2D eigenvalue weighted by molar-refractivity contribution is 0.302. The van der Waals surface area contributed by atoms with Crippen LogP contribution in [0.25, 0.3) is 0 Å². The number of aryl methyl sites for hydroxylation is 1. The van der Waals surface area contributed by atoms with E-state index in [4.69, 9.17) is 15.3 Å². The van der Waals surface area contributed by atoms with Gasteiger partial charge in [0.25, 0.3) is 0 Å². The van der Waals surface area contributed by atoms with Crippen molar-refractivity contribution in [3.63, 3.8) is 0 Å². The lowest BCUT2D eigenvalue weighted by atomic mass is 10.1. The Morgan fingerprint density at radius 2 is 1.95 bits per heavy atom. The molecule has 2 rings (SSSR count). The fourth-order valence-electron chi connectivity index (χ4n) is 1.91. The zero-order valence-corrected chi connectivity index (χ0v) is 12.6. The third kappa shape index (κ3) is 4.15. The van der Waals surface area contributed by atoms with Crippen molar-refractivity contribution in [3.8, 4) is 23.6 Å². The predicted molar refractivity (Wildman–Crippen MR) is 81.7 cm³/mol. The van der Waals surface area contributed by atoms with Gasteiger partial charge in [0.1, 0.15) is 34.8 Å². The first-order valence-corrected chi connectivity index (χ1v) is 6.51. The topological polar surface area (TPSA) is 94.9 Å². The Kier molecular flexibility index (Phi) is 6.75. The van der Waals surface area contributed by atoms with E-state index in [1.54, 1.807) is 12.5 Å². The molecule has 0 bridgehead atoms. The smallest absolute Gasteiger partial charge is 0.138 e. The van der Waals surface area contributed by atoms with Crippen molar-refractivity contribution in [3.05, 3.63) is 42.0 Å². The molecular formula is C15H15ClN4O2. The van der Waals surface area contributed by atoms with E-state index in [9.17, 15) is 5.11 Å². The van der Waals surface area contributed by atoms with Crippen LogP contribution in [0.4, 0.5) is 0 Å². The molecule has 0 amide bonds. The van der Waals surface area contributed by atoms with Gasteiger partial charge in [0, 0.05) is 18.9 Å². The largest absolute Gasteiger partial charge is 0.507 e. The first-order chi connectivity index (χ1) is 10.3. The van der Waals surface area contributed by atoms with Crippen molar-refractivity contribution >= 4 is 12.4 Å². The Morgan fingerprint density at radius 3 is 2.59 bits per heavy atom. The number of aromatic nitrogens is 2. The van der Waals surface area contributed by atoms with Crippen LogP contribution in [0.2, 0.25) is 0 Å². The molecule has 0 spiro atoms. The maximum Gasteiger partial charge on any atom is 0.138 e.